The summed E-state index contributed by atoms with van der Waals surface area (Å²) in [6, 6.07) is 15.5. The molecule has 0 spiro atoms. The fraction of sp³-hybridized carbons (Fsp3) is 0.281. The van der Waals surface area contributed by atoms with E-state index in [0.29, 0.717) is 40.6 Å². The Hall–Kier alpha value is -5.00. The van der Waals surface area contributed by atoms with Gasteiger partial charge in [0.2, 0.25) is 5.88 Å². The first-order valence-electron chi connectivity index (χ1n) is 13.9. The number of nitrogens with zero attached hydrogens (tertiary/aromatic N) is 2. The van der Waals surface area contributed by atoms with E-state index in [9.17, 15) is 22.8 Å². The van der Waals surface area contributed by atoms with Gasteiger partial charge in [0.25, 0.3) is 11.8 Å². The molecule has 0 radical (unpaired) electrons. The Morgan fingerprint density at radius 2 is 1.68 bits per heavy atom. The summed E-state index contributed by atoms with van der Waals surface area (Å²) >= 11 is 0. The van der Waals surface area contributed by atoms with Crippen LogP contribution >= 0.6 is 0 Å². The number of aromatic nitrogens is 1. The molecule has 3 aromatic carbocycles. The van der Waals surface area contributed by atoms with Gasteiger partial charge in [0.05, 0.1) is 48.5 Å². The van der Waals surface area contributed by atoms with Gasteiger partial charge >= 0.3 is 6.18 Å². The van der Waals surface area contributed by atoms with Crippen LogP contribution in [0.2, 0.25) is 0 Å². The molecule has 44 heavy (non-hydrogen) atoms. The van der Waals surface area contributed by atoms with E-state index in [1.165, 1.54) is 43.4 Å². The lowest BCUT2D eigenvalue weighted by Gasteiger charge is -2.22. The Morgan fingerprint density at radius 1 is 0.977 bits per heavy atom. The van der Waals surface area contributed by atoms with Gasteiger partial charge in [-0.1, -0.05) is 24.3 Å². The van der Waals surface area contributed by atoms with Crippen molar-refractivity contribution in [2.75, 3.05) is 31.8 Å². The van der Waals surface area contributed by atoms with E-state index in [-0.39, 0.29) is 58.8 Å². The lowest BCUT2D eigenvalue weighted by atomic mass is 10.1. The number of hydrogen-bond donors (Lipinski definition) is 2. The highest BCUT2D eigenvalue weighted by atomic mass is 19.4. The highest BCUT2D eigenvalue weighted by molar-refractivity contribution is 6.21. The molecule has 1 aliphatic rings. The number of anilines is 2. The second kappa shape index (κ2) is 12.3. The summed E-state index contributed by atoms with van der Waals surface area (Å²) in [7, 11) is 2.90. The van der Waals surface area contributed by atoms with E-state index in [1.807, 2.05) is 6.92 Å². The Kier molecular flexibility index (Phi) is 8.52. The maximum absolute atomic E-state index is 13.0. The zero-order valence-corrected chi connectivity index (χ0v) is 24.3. The summed E-state index contributed by atoms with van der Waals surface area (Å²) in [6.45, 7) is 2.21. The van der Waals surface area contributed by atoms with Crippen LogP contribution in [-0.4, -0.2) is 54.7 Å². The molecule has 3 N–H and O–H groups in total. The number of halogens is 3. The smallest absolute Gasteiger partial charge is 0.393 e. The number of nitrogens with two attached hydrogens (primary N) is 1. The van der Waals surface area contributed by atoms with Crippen molar-refractivity contribution in [2.24, 2.45) is 0 Å². The van der Waals surface area contributed by atoms with E-state index in [0.717, 1.165) is 0 Å². The largest absolute Gasteiger partial charge is 0.493 e. The maximum atomic E-state index is 13.0. The number of benzene rings is 3. The molecule has 0 bridgehead atoms. The number of ether oxygens (including phenoxy) is 3. The van der Waals surface area contributed by atoms with Crippen molar-refractivity contribution in [3.8, 4) is 23.1 Å². The van der Waals surface area contributed by atoms with Crippen molar-refractivity contribution in [3.63, 3.8) is 0 Å². The van der Waals surface area contributed by atoms with Gasteiger partial charge in [-0.05, 0) is 49.6 Å². The summed E-state index contributed by atoms with van der Waals surface area (Å²) in [4.78, 5) is 31.3. The summed E-state index contributed by atoms with van der Waals surface area (Å²) in [5.74, 6) is 0.283. The number of carbonyl (C=O) groups is 2. The molecule has 5 rings (SSSR count). The number of methoxy groups -OCH3 is 2. The lowest BCUT2D eigenvalue weighted by molar-refractivity contribution is -0.127. The molecule has 2 amide bonds. The van der Waals surface area contributed by atoms with Gasteiger partial charge in [-0.3, -0.25) is 14.5 Å². The Morgan fingerprint density at radius 3 is 2.32 bits per heavy atom. The van der Waals surface area contributed by atoms with E-state index >= 15 is 0 Å². The summed E-state index contributed by atoms with van der Waals surface area (Å²) in [5.41, 5.74) is 8.51. The molecule has 1 aromatic heterocycles. The van der Waals surface area contributed by atoms with Crippen LogP contribution < -0.4 is 25.3 Å². The molecule has 1 unspecified atom stereocenters. The summed E-state index contributed by atoms with van der Waals surface area (Å²) in [6.07, 6.45) is -4.33. The first kappa shape index (κ1) is 30.5. The zero-order chi connectivity index (χ0) is 31.6. The number of nitrogen functional groups attached to an aromatic ring is 1. The zero-order valence-electron chi connectivity index (χ0n) is 24.3. The molecule has 1 aliphatic heterocycles. The summed E-state index contributed by atoms with van der Waals surface area (Å²) in [5, 5.41) is 3.79. The second-order valence-corrected chi connectivity index (χ2v) is 10.5. The van der Waals surface area contributed by atoms with E-state index in [4.69, 9.17) is 19.9 Å². The third-order valence-electron chi connectivity index (χ3n) is 7.26. The number of nitrogens with one attached hydrogen (secondary N) is 1. The van der Waals surface area contributed by atoms with Crippen molar-refractivity contribution in [3.05, 3.63) is 77.4 Å². The van der Waals surface area contributed by atoms with Gasteiger partial charge in [-0.25, -0.2) is 4.98 Å². The average Bonchev–Trinajstić information content (AvgIpc) is 3.22. The molecule has 4 aromatic rings. The van der Waals surface area contributed by atoms with E-state index < -0.39 is 12.6 Å². The molecule has 9 nitrogen and oxygen atoms in total. The lowest BCUT2D eigenvalue weighted by Crippen LogP contribution is -2.31. The fourth-order valence-electron chi connectivity index (χ4n) is 5.23. The quantitative estimate of drug-likeness (QED) is 0.183. The number of amides is 2. The van der Waals surface area contributed by atoms with Crippen molar-refractivity contribution < 1.29 is 37.0 Å². The number of fused-ring (bicyclic) bond motifs is 2. The van der Waals surface area contributed by atoms with Crippen LogP contribution in [0.15, 0.2) is 60.7 Å². The van der Waals surface area contributed by atoms with Gasteiger partial charge in [-0.15, -0.1) is 0 Å². The molecular weight excluding hydrogens is 577 g/mol. The van der Waals surface area contributed by atoms with Crippen LogP contribution in [0.25, 0.3) is 10.9 Å². The predicted molar refractivity (Wildman–Crippen MR) is 160 cm³/mol. The van der Waals surface area contributed by atoms with Crippen LogP contribution in [0.4, 0.5) is 24.5 Å². The number of imide groups is 1. The first-order chi connectivity index (χ1) is 21.0. The van der Waals surface area contributed by atoms with Crippen LogP contribution in [0.1, 0.15) is 46.0 Å². The number of alkyl halides is 3. The molecule has 0 aliphatic carbocycles. The van der Waals surface area contributed by atoms with Crippen LogP contribution in [0, 0.1) is 0 Å². The Bertz CT molecular complexity index is 1690. The highest BCUT2D eigenvalue weighted by Gasteiger charge is 2.34. The minimum atomic E-state index is -4.37. The van der Waals surface area contributed by atoms with Crippen molar-refractivity contribution in [1.29, 1.82) is 0 Å². The Labute approximate surface area is 251 Å². The predicted octanol–water partition coefficient (Wildman–Crippen LogP) is 6.61. The van der Waals surface area contributed by atoms with E-state index in [2.05, 4.69) is 10.3 Å². The van der Waals surface area contributed by atoms with Gasteiger partial charge in [0, 0.05) is 24.7 Å². The molecule has 1 atom stereocenters. The standard InChI is InChI=1S/C32H31F3N4O5/c1-18(8-7-13-39-30(40)21-11-4-5-12-22(21)31(39)41)37-24-16-25(42-2)29(27-23(36)15-26(43-3)38-28(24)27)44-20-10-6-9-19(14-20)17-32(33,34)35/h4-6,9-12,14-16,18,37H,7-8,13,17H2,1-3H3,(H2,36,38). The molecule has 12 heteroatoms. The van der Waals surface area contributed by atoms with Crippen LogP contribution in [-0.2, 0) is 6.42 Å². The molecule has 0 fully saturated rings. The van der Waals surface area contributed by atoms with Gasteiger partial charge in [0.15, 0.2) is 11.5 Å². The molecule has 0 saturated heterocycles. The minimum Gasteiger partial charge on any atom is -0.493 e. The Balaban J connectivity index is 1.39. The SMILES string of the molecule is COc1cc(N)c2c(Oc3cccc(CC(F)(F)F)c3)c(OC)cc(NC(C)CCCN3C(=O)c4ccccc4C3=O)c2n1. The molecule has 2 heterocycles. The van der Waals surface area contributed by atoms with Crippen molar-refractivity contribution in [2.45, 2.75) is 38.4 Å². The average molecular weight is 609 g/mol. The summed E-state index contributed by atoms with van der Waals surface area (Å²) < 4.78 is 56.1. The van der Waals surface area contributed by atoms with Crippen molar-refractivity contribution >= 4 is 34.1 Å². The van der Waals surface area contributed by atoms with Gasteiger partial charge < -0.3 is 25.3 Å². The normalized spacial score (nSPS) is 13.6. The third-order valence-corrected chi connectivity index (χ3v) is 7.26. The molecule has 230 valence electrons. The number of rotatable bonds is 11. The fourth-order valence-corrected chi connectivity index (χ4v) is 5.23. The van der Waals surface area contributed by atoms with Gasteiger partial charge in [0.1, 0.15) is 11.3 Å². The maximum Gasteiger partial charge on any atom is 0.393 e. The minimum absolute atomic E-state index is 0.0411. The highest BCUT2D eigenvalue weighted by Crippen LogP contribution is 2.45. The molecule has 0 saturated carbocycles. The van der Waals surface area contributed by atoms with Gasteiger partial charge in [-0.2, -0.15) is 13.2 Å². The molecular formula is C32H31F3N4O5. The number of hydrogen-bond acceptors (Lipinski definition) is 8. The van der Waals surface area contributed by atoms with Crippen LogP contribution in [0.5, 0.6) is 23.1 Å². The second-order valence-electron chi connectivity index (χ2n) is 10.5. The number of pyridine rings is 1. The number of carbonyl (C=O) groups excluding carboxylic acids is 2. The third kappa shape index (κ3) is 6.34. The van der Waals surface area contributed by atoms with Crippen molar-refractivity contribution in [1.82, 2.24) is 9.88 Å². The van der Waals surface area contributed by atoms with E-state index in [1.54, 1.807) is 36.4 Å². The monoisotopic (exact) mass is 608 g/mol. The topological polar surface area (TPSA) is 116 Å². The van der Waals surface area contributed by atoms with Crippen LogP contribution in [0.3, 0.4) is 0 Å². The first-order valence-corrected chi connectivity index (χ1v) is 13.9.